The predicted octanol–water partition coefficient (Wildman–Crippen LogP) is 0.851. The summed E-state index contributed by atoms with van der Waals surface area (Å²) >= 11 is 1.70. The van der Waals surface area contributed by atoms with Gasteiger partial charge in [-0.1, -0.05) is 6.92 Å². The fourth-order valence-electron chi connectivity index (χ4n) is 1.02. The molecule has 14 heavy (non-hydrogen) atoms. The minimum absolute atomic E-state index is 0.128. The lowest BCUT2D eigenvalue weighted by molar-refractivity contribution is 0.113. The van der Waals surface area contributed by atoms with Gasteiger partial charge in [0.05, 0.1) is 12.7 Å². The second kappa shape index (κ2) is 9.77. The highest BCUT2D eigenvalue weighted by molar-refractivity contribution is 7.99. The zero-order valence-electron chi connectivity index (χ0n) is 9.20. The first-order valence-corrected chi connectivity index (χ1v) is 6.46. The van der Waals surface area contributed by atoms with E-state index in [2.05, 4.69) is 19.2 Å². The molecule has 0 saturated carbocycles. The molecule has 0 aromatic heterocycles. The van der Waals surface area contributed by atoms with Gasteiger partial charge in [0, 0.05) is 11.8 Å². The Hall–Kier alpha value is 0.230. The van der Waals surface area contributed by atoms with Crippen molar-refractivity contribution >= 4 is 11.8 Å². The molecular formula is C10H23NO2S. The lowest BCUT2D eigenvalue weighted by Crippen LogP contribution is -2.27. The molecule has 3 N–H and O–H groups in total. The molecule has 0 spiro atoms. The van der Waals surface area contributed by atoms with Crippen molar-refractivity contribution in [2.75, 3.05) is 24.7 Å². The SMILES string of the molecule is CCCNC(C)CCSCC(O)CO. The molecule has 0 aliphatic carbocycles. The highest BCUT2D eigenvalue weighted by Crippen LogP contribution is 2.06. The molecular weight excluding hydrogens is 198 g/mol. The molecule has 0 aliphatic heterocycles. The standard InChI is InChI=1S/C10H23NO2S/c1-3-5-11-9(2)4-6-14-8-10(13)7-12/h9-13H,3-8H2,1-2H3. The van der Waals surface area contributed by atoms with E-state index in [4.69, 9.17) is 10.2 Å². The summed E-state index contributed by atoms with van der Waals surface area (Å²) in [5, 5.41) is 21.1. The zero-order chi connectivity index (χ0) is 10.8. The molecule has 0 saturated heterocycles. The Morgan fingerprint density at radius 1 is 1.43 bits per heavy atom. The van der Waals surface area contributed by atoms with E-state index in [1.807, 2.05) is 0 Å². The molecule has 0 aromatic rings. The summed E-state index contributed by atoms with van der Waals surface area (Å²) in [6.07, 6.45) is 1.72. The van der Waals surface area contributed by atoms with Crippen LogP contribution in [0.4, 0.5) is 0 Å². The Morgan fingerprint density at radius 3 is 2.71 bits per heavy atom. The van der Waals surface area contributed by atoms with Gasteiger partial charge in [0.25, 0.3) is 0 Å². The highest BCUT2D eigenvalue weighted by Gasteiger charge is 2.03. The number of nitrogens with one attached hydrogen (secondary N) is 1. The van der Waals surface area contributed by atoms with Crippen LogP contribution in [0, 0.1) is 0 Å². The normalized spacial score (nSPS) is 15.4. The minimum Gasteiger partial charge on any atom is -0.394 e. The summed E-state index contributed by atoms with van der Waals surface area (Å²) in [7, 11) is 0. The Balaban J connectivity index is 3.18. The molecule has 2 unspecified atom stereocenters. The predicted molar refractivity (Wildman–Crippen MR) is 62.8 cm³/mol. The lowest BCUT2D eigenvalue weighted by atomic mass is 10.2. The first kappa shape index (κ1) is 14.2. The molecule has 0 aromatic carbocycles. The molecule has 0 aliphatic rings. The van der Waals surface area contributed by atoms with Gasteiger partial charge in [-0.05, 0) is 32.1 Å². The van der Waals surface area contributed by atoms with Crippen molar-refractivity contribution in [3.63, 3.8) is 0 Å². The number of hydrogen-bond donors (Lipinski definition) is 3. The smallest absolute Gasteiger partial charge is 0.0861 e. The van der Waals surface area contributed by atoms with Gasteiger partial charge in [0.1, 0.15) is 0 Å². The van der Waals surface area contributed by atoms with Crippen molar-refractivity contribution in [3.05, 3.63) is 0 Å². The first-order chi connectivity index (χ1) is 6.70. The molecule has 0 amide bonds. The summed E-state index contributed by atoms with van der Waals surface area (Å²) in [4.78, 5) is 0. The molecule has 0 radical (unpaired) electrons. The third-order valence-corrected chi connectivity index (χ3v) is 3.10. The van der Waals surface area contributed by atoms with Crippen LogP contribution in [0.3, 0.4) is 0 Å². The third kappa shape index (κ3) is 8.81. The van der Waals surface area contributed by atoms with Crippen LogP contribution in [0.15, 0.2) is 0 Å². The number of hydrogen-bond acceptors (Lipinski definition) is 4. The van der Waals surface area contributed by atoms with Crippen molar-refractivity contribution in [1.29, 1.82) is 0 Å². The second-order valence-corrected chi connectivity index (χ2v) is 4.70. The van der Waals surface area contributed by atoms with E-state index in [1.165, 1.54) is 6.42 Å². The lowest BCUT2D eigenvalue weighted by Gasteiger charge is -2.13. The molecule has 4 heteroatoms. The largest absolute Gasteiger partial charge is 0.394 e. The van der Waals surface area contributed by atoms with Crippen molar-refractivity contribution in [2.24, 2.45) is 0 Å². The van der Waals surface area contributed by atoms with Gasteiger partial charge in [-0.3, -0.25) is 0 Å². The van der Waals surface area contributed by atoms with E-state index in [0.29, 0.717) is 11.8 Å². The van der Waals surface area contributed by atoms with E-state index in [9.17, 15) is 0 Å². The summed E-state index contributed by atoms with van der Waals surface area (Å²) in [5.74, 6) is 1.67. The van der Waals surface area contributed by atoms with Crippen molar-refractivity contribution in [1.82, 2.24) is 5.32 Å². The van der Waals surface area contributed by atoms with Crippen LogP contribution in [0.1, 0.15) is 26.7 Å². The molecule has 2 atom stereocenters. The van der Waals surface area contributed by atoms with Gasteiger partial charge in [-0.15, -0.1) is 0 Å². The van der Waals surface area contributed by atoms with Crippen molar-refractivity contribution < 1.29 is 10.2 Å². The number of rotatable bonds is 9. The Morgan fingerprint density at radius 2 is 2.14 bits per heavy atom. The minimum atomic E-state index is -0.557. The quantitative estimate of drug-likeness (QED) is 0.505. The van der Waals surface area contributed by atoms with Gasteiger partial charge in [-0.25, -0.2) is 0 Å². The van der Waals surface area contributed by atoms with Gasteiger partial charge in [0.2, 0.25) is 0 Å². The van der Waals surface area contributed by atoms with Crippen LogP contribution in [-0.4, -0.2) is 47.0 Å². The zero-order valence-corrected chi connectivity index (χ0v) is 10.0. The topological polar surface area (TPSA) is 52.5 Å². The average molecular weight is 221 g/mol. The maximum atomic E-state index is 9.08. The molecule has 0 heterocycles. The van der Waals surface area contributed by atoms with Crippen LogP contribution in [0.2, 0.25) is 0 Å². The number of thioether (sulfide) groups is 1. The highest BCUT2D eigenvalue weighted by atomic mass is 32.2. The fourth-order valence-corrected chi connectivity index (χ4v) is 2.09. The van der Waals surface area contributed by atoms with Gasteiger partial charge < -0.3 is 15.5 Å². The second-order valence-electron chi connectivity index (χ2n) is 3.56. The molecule has 0 bridgehead atoms. The van der Waals surface area contributed by atoms with Crippen LogP contribution in [0.5, 0.6) is 0 Å². The van der Waals surface area contributed by atoms with E-state index < -0.39 is 6.10 Å². The summed E-state index contributed by atoms with van der Waals surface area (Å²) < 4.78 is 0. The third-order valence-electron chi connectivity index (χ3n) is 1.96. The average Bonchev–Trinajstić information content (AvgIpc) is 2.21. The molecule has 3 nitrogen and oxygen atoms in total. The van der Waals surface area contributed by atoms with Gasteiger partial charge >= 0.3 is 0 Å². The Bertz CT molecular complexity index is 125. The molecule has 0 rings (SSSR count). The number of aliphatic hydroxyl groups excluding tert-OH is 2. The van der Waals surface area contributed by atoms with E-state index in [-0.39, 0.29) is 6.61 Å². The van der Waals surface area contributed by atoms with Crippen LogP contribution in [0.25, 0.3) is 0 Å². The summed E-state index contributed by atoms with van der Waals surface area (Å²) in [5.41, 5.74) is 0. The van der Waals surface area contributed by atoms with Crippen LogP contribution in [-0.2, 0) is 0 Å². The van der Waals surface area contributed by atoms with Crippen molar-refractivity contribution in [2.45, 2.75) is 38.8 Å². The van der Waals surface area contributed by atoms with Crippen LogP contribution < -0.4 is 5.32 Å². The maximum Gasteiger partial charge on any atom is 0.0861 e. The van der Waals surface area contributed by atoms with Crippen LogP contribution >= 0.6 is 11.8 Å². The molecule has 0 fully saturated rings. The monoisotopic (exact) mass is 221 g/mol. The van der Waals surface area contributed by atoms with Gasteiger partial charge in [-0.2, -0.15) is 11.8 Å². The molecule has 86 valence electrons. The summed E-state index contributed by atoms with van der Waals surface area (Å²) in [6, 6.07) is 0.550. The Kier molecular flexibility index (Phi) is 9.93. The number of aliphatic hydroxyl groups is 2. The fraction of sp³-hybridized carbons (Fsp3) is 1.00. The first-order valence-electron chi connectivity index (χ1n) is 5.30. The van der Waals surface area contributed by atoms with E-state index in [1.54, 1.807) is 11.8 Å². The summed E-state index contributed by atoms with van der Waals surface area (Å²) in [6.45, 7) is 5.28. The van der Waals surface area contributed by atoms with E-state index in [0.717, 1.165) is 18.7 Å². The van der Waals surface area contributed by atoms with E-state index >= 15 is 0 Å². The van der Waals surface area contributed by atoms with Gasteiger partial charge in [0.15, 0.2) is 0 Å². The van der Waals surface area contributed by atoms with Crippen molar-refractivity contribution in [3.8, 4) is 0 Å². The Labute approximate surface area is 91.3 Å². The maximum absolute atomic E-state index is 9.08.